The molecule has 7 nitrogen and oxygen atoms in total. The maximum Gasteiger partial charge on any atom is 0.341 e. The van der Waals surface area contributed by atoms with Gasteiger partial charge in [-0.2, -0.15) is 5.10 Å². The number of hydrogen-bond acceptors (Lipinski definition) is 6. The minimum Gasteiger partial charge on any atom is -0.462 e. The summed E-state index contributed by atoms with van der Waals surface area (Å²) in [6.45, 7) is 5.95. The van der Waals surface area contributed by atoms with Gasteiger partial charge in [-0.25, -0.2) is 9.31 Å². The number of fused-ring (bicyclic) bond motifs is 1. The minimum atomic E-state index is -0.328. The van der Waals surface area contributed by atoms with Crippen LogP contribution in [0.4, 0.5) is 0 Å². The molecule has 29 heavy (non-hydrogen) atoms. The van der Waals surface area contributed by atoms with Gasteiger partial charge in [0.05, 0.1) is 29.6 Å². The van der Waals surface area contributed by atoms with Crippen molar-refractivity contribution in [3.05, 3.63) is 53.4 Å². The van der Waals surface area contributed by atoms with Gasteiger partial charge in [0, 0.05) is 23.2 Å². The molecule has 1 aliphatic carbocycles. The van der Waals surface area contributed by atoms with Crippen molar-refractivity contribution in [1.82, 2.24) is 14.8 Å². The zero-order valence-corrected chi connectivity index (χ0v) is 16.6. The number of esters is 1. The van der Waals surface area contributed by atoms with E-state index in [1.807, 2.05) is 42.9 Å². The smallest absolute Gasteiger partial charge is 0.341 e. The molecule has 0 aromatic carbocycles. The van der Waals surface area contributed by atoms with Crippen molar-refractivity contribution in [3.63, 3.8) is 0 Å². The van der Waals surface area contributed by atoms with Crippen molar-refractivity contribution in [2.24, 2.45) is 0 Å². The molecule has 7 heteroatoms. The third kappa shape index (κ3) is 2.93. The van der Waals surface area contributed by atoms with Gasteiger partial charge in [-0.1, -0.05) is 5.16 Å². The number of hydrogen-bond donors (Lipinski definition) is 0. The Labute approximate surface area is 167 Å². The first kappa shape index (κ1) is 17.7. The maximum absolute atomic E-state index is 12.4. The fourth-order valence-electron chi connectivity index (χ4n) is 3.76. The summed E-state index contributed by atoms with van der Waals surface area (Å²) < 4.78 is 18.5. The summed E-state index contributed by atoms with van der Waals surface area (Å²) in [6.07, 6.45) is 5.78. The van der Waals surface area contributed by atoms with E-state index >= 15 is 0 Å². The molecule has 0 spiro atoms. The van der Waals surface area contributed by atoms with Crippen LogP contribution in [-0.2, 0) is 4.74 Å². The van der Waals surface area contributed by atoms with Crippen molar-refractivity contribution >= 4 is 11.5 Å². The highest BCUT2D eigenvalue weighted by Gasteiger charge is 2.33. The molecule has 0 unspecified atom stereocenters. The highest BCUT2D eigenvalue weighted by Crippen LogP contribution is 2.44. The lowest BCUT2D eigenvalue weighted by Crippen LogP contribution is -2.05. The molecule has 0 atom stereocenters. The summed E-state index contributed by atoms with van der Waals surface area (Å²) in [7, 11) is 0. The second-order valence-corrected chi connectivity index (χ2v) is 7.39. The van der Waals surface area contributed by atoms with E-state index in [-0.39, 0.29) is 5.97 Å². The zero-order valence-electron chi connectivity index (χ0n) is 16.6. The fraction of sp³-hybridized carbons (Fsp3) is 0.318. The van der Waals surface area contributed by atoms with Crippen LogP contribution in [0.15, 0.2) is 39.5 Å². The predicted octanol–water partition coefficient (Wildman–Crippen LogP) is 4.92. The molecule has 1 fully saturated rings. The Kier molecular flexibility index (Phi) is 4.04. The monoisotopic (exact) mass is 391 g/mol. The van der Waals surface area contributed by atoms with Gasteiger partial charge in [-0.05, 0) is 51.8 Å². The summed E-state index contributed by atoms with van der Waals surface area (Å²) in [5, 5.41) is 8.50. The van der Waals surface area contributed by atoms with E-state index in [1.54, 1.807) is 13.0 Å². The molecule has 0 bridgehead atoms. The largest absolute Gasteiger partial charge is 0.462 e. The van der Waals surface area contributed by atoms with E-state index in [0.717, 1.165) is 52.3 Å². The Morgan fingerprint density at radius 1 is 1.31 bits per heavy atom. The Morgan fingerprint density at radius 3 is 2.83 bits per heavy atom. The molecule has 0 aliphatic heterocycles. The van der Waals surface area contributed by atoms with Gasteiger partial charge in [0.15, 0.2) is 0 Å². The molecule has 4 aromatic rings. The number of ether oxygens (including phenoxy) is 1. The van der Waals surface area contributed by atoms with E-state index in [4.69, 9.17) is 13.7 Å². The highest BCUT2D eigenvalue weighted by atomic mass is 16.5. The van der Waals surface area contributed by atoms with Crippen LogP contribution in [0.2, 0.25) is 0 Å². The number of rotatable bonds is 5. The van der Waals surface area contributed by atoms with Crippen LogP contribution in [0.25, 0.3) is 28.0 Å². The lowest BCUT2D eigenvalue weighted by atomic mass is 10.0. The normalized spacial score (nSPS) is 13.9. The Morgan fingerprint density at radius 2 is 2.14 bits per heavy atom. The van der Waals surface area contributed by atoms with E-state index in [9.17, 15) is 4.79 Å². The second kappa shape index (κ2) is 6.62. The summed E-state index contributed by atoms with van der Waals surface area (Å²) in [5.41, 5.74) is 5.04. The topological polar surface area (TPSA) is 82.8 Å². The van der Waals surface area contributed by atoms with Gasteiger partial charge in [-0.15, -0.1) is 0 Å². The quantitative estimate of drug-likeness (QED) is 0.449. The number of furan rings is 1. The first-order valence-corrected chi connectivity index (χ1v) is 9.78. The molecule has 1 aliphatic rings. The fourth-order valence-corrected chi connectivity index (χ4v) is 3.76. The molecule has 0 N–H and O–H groups in total. The third-order valence-electron chi connectivity index (χ3n) is 5.31. The van der Waals surface area contributed by atoms with Crippen LogP contribution < -0.4 is 0 Å². The van der Waals surface area contributed by atoms with E-state index in [2.05, 4.69) is 10.3 Å². The van der Waals surface area contributed by atoms with Gasteiger partial charge in [0.25, 0.3) is 0 Å². The SMILES string of the molecule is CCOC(=O)c1cc(-c2ccn3ncc(-c4c(C)noc4C)c3c2)oc1C1CC1. The molecule has 5 rings (SSSR count). The number of pyridine rings is 1. The minimum absolute atomic E-state index is 0.305. The number of nitrogens with zero attached hydrogens (tertiary/aromatic N) is 3. The van der Waals surface area contributed by atoms with E-state index < -0.39 is 0 Å². The molecule has 4 aromatic heterocycles. The van der Waals surface area contributed by atoms with E-state index in [0.29, 0.717) is 23.8 Å². The standard InChI is InChI=1S/C22H21N3O4/c1-4-27-22(26)16-10-19(28-21(16)14-5-6-14)15-7-8-25-18(9-15)17(11-23-25)20-12(2)24-29-13(20)3/h7-11,14H,4-6H2,1-3H3. The number of carbonyl (C=O) groups excluding carboxylic acids is 1. The van der Waals surface area contributed by atoms with Crippen molar-refractivity contribution in [1.29, 1.82) is 0 Å². The summed E-state index contributed by atoms with van der Waals surface area (Å²) >= 11 is 0. The Bertz CT molecular complexity index is 1210. The van der Waals surface area contributed by atoms with Crippen LogP contribution in [0.1, 0.15) is 53.3 Å². The van der Waals surface area contributed by atoms with Gasteiger partial charge >= 0.3 is 5.97 Å². The molecule has 0 amide bonds. The summed E-state index contributed by atoms with van der Waals surface area (Å²) in [6, 6.07) is 5.74. The Hall–Kier alpha value is -3.35. The molecule has 4 heterocycles. The van der Waals surface area contributed by atoms with Crippen molar-refractivity contribution in [3.8, 4) is 22.5 Å². The number of aryl methyl sites for hydroxylation is 2. The van der Waals surface area contributed by atoms with Gasteiger partial charge in [0.2, 0.25) is 0 Å². The predicted molar refractivity (Wildman–Crippen MR) is 106 cm³/mol. The average Bonchev–Trinajstić information content (AvgIpc) is 3.18. The summed E-state index contributed by atoms with van der Waals surface area (Å²) in [4.78, 5) is 12.4. The summed E-state index contributed by atoms with van der Waals surface area (Å²) in [5.74, 6) is 2.12. The number of aromatic nitrogens is 3. The van der Waals surface area contributed by atoms with Crippen molar-refractivity contribution in [2.45, 2.75) is 39.5 Å². The van der Waals surface area contributed by atoms with Gasteiger partial charge in [0.1, 0.15) is 22.8 Å². The molecule has 148 valence electrons. The zero-order chi connectivity index (χ0) is 20.1. The van der Waals surface area contributed by atoms with Gasteiger partial charge in [-0.3, -0.25) is 0 Å². The van der Waals surface area contributed by atoms with Crippen molar-refractivity contribution < 1.29 is 18.5 Å². The average molecular weight is 391 g/mol. The van der Waals surface area contributed by atoms with Crippen molar-refractivity contribution in [2.75, 3.05) is 6.61 Å². The highest BCUT2D eigenvalue weighted by molar-refractivity contribution is 5.93. The lowest BCUT2D eigenvalue weighted by molar-refractivity contribution is 0.0523. The first-order chi connectivity index (χ1) is 14.1. The first-order valence-electron chi connectivity index (χ1n) is 9.78. The van der Waals surface area contributed by atoms with Gasteiger partial charge < -0.3 is 13.7 Å². The third-order valence-corrected chi connectivity index (χ3v) is 5.31. The Balaban J connectivity index is 1.62. The van der Waals surface area contributed by atoms with E-state index in [1.165, 1.54) is 0 Å². The van der Waals surface area contributed by atoms with Crippen LogP contribution in [0.3, 0.4) is 0 Å². The van der Waals surface area contributed by atoms with Crippen LogP contribution in [-0.4, -0.2) is 27.3 Å². The number of carbonyl (C=O) groups is 1. The maximum atomic E-state index is 12.4. The molecule has 1 saturated carbocycles. The molecular formula is C22H21N3O4. The van der Waals surface area contributed by atoms with Crippen LogP contribution in [0, 0.1) is 13.8 Å². The van der Waals surface area contributed by atoms with Crippen LogP contribution >= 0.6 is 0 Å². The molecule has 0 saturated heterocycles. The second-order valence-electron chi connectivity index (χ2n) is 7.39. The molecular weight excluding hydrogens is 370 g/mol. The molecule has 0 radical (unpaired) electrons. The van der Waals surface area contributed by atoms with Crippen LogP contribution in [0.5, 0.6) is 0 Å². The lowest BCUT2D eigenvalue weighted by Gasteiger charge is -2.02.